The molecule has 0 atom stereocenters. The fraction of sp³-hybridized carbons (Fsp3) is 0.200. The second-order valence-electron chi connectivity index (χ2n) is 4.77. The van der Waals surface area contributed by atoms with Crippen molar-refractivity contribution in [3.05, 3.63) is 59.2 Å². The van der Waals surface area contributed by atoms with Crippen molar-refractivity contribution in [2.24, 2.45) is 0 Å². The molecule has 0 aromatic heterocycles. The van der Waals surface area contributed by atoms with E-state index < -0.39 is 23.5 Å². The molecule has 0 amide bonds. The van der Waals surface area contributed by atoms with Crippen LogP contribution in [-0.2, 0) is 18.1 Å². The Morgan fingerprint density at radius 2 is 1.26 bits per heavy atom. The average molecular weight is 351 g/mol. The van der Waals surface area contributed by atoms with Crippen molar-refractivity contribution in [3.63, 3.8) is 0 Å². The second-order valence-corrected chi connectivity index (χ2v) is 5.82. The molecule has 1 nitrogen and oxygen atoms in total. The van der Waals surface area contributed by atoms with E-state index in [1.165, 1.54) is 0 Å². The van der Waals surface area contributed by atoms with Crippen LogP contribution in [0.2, 0.25) is 0 Å². The zero-order chi connectivity index (χ0) is 17.3. The van der Waals surface area contributed by atoms with Crippen LogP contribution < -0.4 is 5.73 Å². The predicted octanol–water partition coefficient (Wildman–Crippen LogP) is 5.60. The third-order valence-corrected chi connectivity index (χ3v) is 4.02. The first-order chi connectivity index (χ1) is 10.6. The summed E-state index contributed by atoms with van der Waals surface area (Å²) in [6, 6.07) is 8.11. The molecule has 0 bridgehead atoms. The van der Waals surface area contributed by atoms with Gasteiger partial charge in [0.25, 0.3) is 0 Å². The summed E-state index contributed by atoms with van der Waals surface area (Å²) in [6.45, 7) is 0. The average Bonchev–Trinajstić information content (AvgIpc) is 2.44. The van der Waals surface area contributed by atoms with Crippen molar-refractivity contribution < 1.29 is 26.3 Å². The first kappa shape index (κ1) is 17.5. The number of halogens is 6. The van der Waals surface area contributed by atoms with Crippen LogP contribution in [0, 0.1) is 0 Å². The van der Waals surface area contributed by atoms with Crippen LogP contribution >= 0.6 is 11.8 Å². The minimum Gasteiger partial charge on any atom is -0.399 e. The maximum absolute atomic E-state index is 12.8. The number of nitrogen functional groups attached to an aromatic ring is 1. The normalized spacial score (nSPS) is 12.4. The number of anilines is 1. The van der Waals surface area contributed by atoms with E-state index >= 15 is 0 Å². The van der Waals surface area contributed by atoms with Gasteiger partial charge in [-0.1, -0.05) is 0 Å². The van der Waals surface area contributed by atoms with Crippen molar-refractivity contribution in [1.82, 2.24) is 0 Å². The van der Waals surface area contributed by atoms with Gasteiger partial charge in [0.1, 0.15) is 0 Å². The number of hydrogen-bond donors (Lipinski definition) is 1. The molecule has 0 saturated carbocycles. The van der Waals surface area contributed by atoms with Crippen LogP contribution in [0.15, 0.2) is 47.4 Å². The van der Waals surface area contributed by atoms with E-state index in [0.717, 1.165) is 23.9 Å². The SMILES string of the molecule is Nc1ccc(SCc2cc(C(F)(F)F)cc(C(F)(F)F)c2)cc1. The summed E-state index contributed by atoms with van der Waals surface area (Å²) in [7, 11) is 0. The van der Waals surface area contributed by atoms with Gasteiger partial charge in [0.15, 0.2) is 0 Å². The molecule has 0 fully saturated rings. The molecule has 0 unspecified atom stereocenters. The van der Waals surface area contributed by atoms with Gasteiger partial charge in [0.2, 0.25) is 0 Å². The Kier molecular flexibility index (Phi) is 4.84. The lowest BCUT2D eigenvalue weighted by atomic mass is 10.1. The minimum absolute atomic E-state index is 0.0169. The van der Waals surface area contributed by atoms with Gasteiger partial charge >= 0.3 is 12.4 Å². The third kappa shape index (κ3) is 4.82. The number of benzene rings is 2. The van der Waals surface area contributed by atoms with Crippen molar-refractivity contribution in [2.45, 2.75) is 23.0 Å². The fourth-order valence-electron chi connectivity index (χ4n) is 1.83. The van der Waals surface area contributed by atoms with Gasteiger partial charge in [-0.05, 0) is 48.0 Å². The van der Waals surface area contributed by atoms with Gasteiger partial charge in [-0.15, -0.1) is 11.8 Å². The fourth-order valence-corrected chi connectivity index (χ4v) is 2.66. The van der Waals surface area contributed by atoms with Crippen LogP contribution in [0.4, 0.5) is 32.0 Å². The standard InChI is InChI=1S/C15H11F6NS/c16-14(17,18)10-5-9(6-11(7-10)15(19,20)21)8-23-13-3-1-12(22)2-4-13/h1-7H,8,22H2. The summed E-state index contributed by atoms with van der Waals surface area (Å²) >= 11 is 1.13. The Hall–Kier alpha value is -1.83. The predicted molar refractivity (Wildman–Crippen MR) is 76.9 cm³/mol. The number of thioether (sulfide) groups is 1. The van der Waals surface area contributed by atoms with E-state index in [-0.39, 0.29) is 17.4 Å². The van der Waals surface area contributed by atoms with Crippen molar-refractivity contribution in [2.75, 3.05) is 5.73 Å². The first-order valence-corrected chi connectivity index (χ1v) is 7.31. The highest BCUT2D eigenvalue weighted by Crippen LogP contribution is 2.37. The molecule has 124 valence electrons. The van der Waals surface area contributed by atoms with E-state index in [9.17, 15) is 26.3 Å². The summed E-state index contributed by atoms with van der Waals surface area (Å²) < 4.78 is 76.5. The molecule has 2 aromatic rings. The Morgan fingerprint density at radius 3 is 1.70 bits per heavy atom. The molecule has 0 aliphatic rings. The highest BCUT2D eigenvalue weighted by molar-refractivity contribution is 7.98. The van der Waals surface area contributed by atoms with Gasteiger partial charge < -0.3 is 5.73 Å². The molecule has 8 heteroatoms. The number of nitrogens with two attached hydrogens (primary N) is 1. The van der Waals surface area contributed by atoms with Crippen LogP contribution in [0.5, 0.6) is 0 Å². The van der Waals surface area contributed by atoms with E-state index in [4.69, 9.17) is 5.73 Å². The quantitative estimate of drug-likeness (QED) is 0.443. The first-order valence-electron chi connectivity index (χ1n) is 6.32. The Bertz CT molecular complexity index is 644. The summed E-state index contributed by atoms with van der Waals surface area (Å²) in [5.74, 6) is -0.0169. The van der Waals surface area contributed by atoms with Crippen LogP contribution in [0.25, 0.3) is 0 Å². The molecular weight excluding hydrogens is 340 g/mol. The summed E-state index contributed by atoms with van der Waals surface area (Å²) in [5.41, 5.74) is 3.37. The van der Waals surface area contributed by atoms with E-state index in [1.54, 1.807) is 24.3 Å². The Morgan fingerprint density at radius 1 is 0.783 bits per heavy atom. The monoisotopic (exact) mass is 351 g/mol. The summed E-state index contributed by atoms with van der Waals surface area (Å²) in [5, 5.41) is 0. The van der Waals surface area contributed by atoms with Gasteiger partial charge in [-0.2, -0.15) is 26.3 Å². The summed E-state index contributed by atoms with van der Waals surface area (Å²) in [4.78, 5) is 0.699. The second kappa shape index (κ2) is 6.35. The van der Waals surface area contributed by atoms with Crippen molar-refractivity contribution in [3.8, 4) is 0 Å². The molecule has 0 heterocycles. The molecule has 23 heavy (non-hydrogen) atoms. The minimum atomic E-state index is -4.83. The molecular formula is C15H11F6NS. The lowest BCUT2D eigenvalue weighted by Crippen LogP contribution is -2.11. The highest BCUT2D eigenvalue weighted by atomic mass is 32.2. The van der Waals surface area contributed by atoms with Crippen LogP contribution in [0.1, 0.15) is 16.7 Å². The Balaban J connectivity index is 2.28. The summed E-state index contributed by atoms with van der Waals surface area (Å²) in [6.07, 6.45) is -9.66. The number of alkyl halides is 6. The van der Waals surface area contributed by atoms with Crippen LogP contribution in [0.3, 0.4) is 0 Å². The lowest BCUT2D eigenvalue weighted by molar-refractivity contribution is -0.143. The maximum atomic E-state index is 12.8. The molecule has 0 spiro atoms. The van der Waals surface area contributed by atoms with Crippen molar-refractivity contribution in [1.29, 1.82) is 0 Å². The molecule has 0 aliphatic heterocycles. The molecule has 2 aromatic carbocycles. The van der Waals surface area contributed by atoms with Crippen molar-refractivity contribution >= 4 is 17.4 Å². The largest absolute Gasteiger partial charge is 0.416 e. The highest BCUT2D eigenvalue weighted by Gasteiger charge is 2.36. The number of rotatable bonds is 3. The van der Waals surface area contributed by atoms with E-state index in [1.807, 2.05) is 0 Å². The molecule has 0 aliphatic carbocycles. The van der Waals surface area contributed by atoms with Gasteiger partial charge in [0, 0.05) is 16.3 Å². The Labute approximate surface area is 132 Å². The lowest BCUT2D eigenvalue weighted by Gasteiger charge is -2.14. The third-order valence-electron chi connectivity index (χ3n) is 2.93. The van der Waals surface area contributed by atoms with E-state index in [2.05, 4.69) is 0 Å². The maximum Gasteiger partial charge on any atom is 0.416 e. The smallest absolute Gasteiger partial charge is 0.399 e. The molecule has 2 rings (SSSR count). The van der Waals surface area contributed by atoms with Crippen LogP contribution in [-0.4, -0.2) is 0 Å². The zero-order valence-corrected chi connectivity index (χ0v) is 12.3. The molecule has 0 radical (unpaired) electrons. The van der Waals surface area contributed by atoms with Gasteiger partial charge in [0.05, 0.1) is 11.1 Å². The van der Waals surface area contributed by atoms with Gasteiger partial charge in [-0.3, -0.25) is 0 Å². The molecule has 0 saturated heterocycles. The molecule has 2 N–H and O–H groups in total. The topological polar surface area (TPSA) is 26.0 Å². The van der Waals surface area contributed by atoms with Gasteiger partial charge in [-0.25, -0.2) is 0 Å². The zero-order valence-electron chi connectivity index (χ0n) is 11.5. The van der Waals surface area contributed by atoms with E-state index in [0.29, 0.717) is 10.6 Å². The number of hydrogen-bond acceptors (Lipinski definition) is 2.